The first-order chi connectivity index (χ1) is 12.6. The number of benzene rings is 2. The van der Waals surface area contributed by atoms with Gasteiger partial charge in [0.1, 0.15) is 0 Å². The molecule has 142 valence electrons. The van der Waals surface area contributed by atoms with Gasteiger partial charge in [-0.05, 0) is 49.2 Å². The molecule has 0 aliphatic rings. The van der Waals surface area contributed by atoms with Gasteiger partial charge in [0.25, 0.3) is 0 Å². The van der Waals surface area contributed by atoms with Gasteiger partial charge in [-0.3, -0.25) is 0 Å². The molecule has 0 saturated heterocycles. The van der Waals surface area contributed by atoms with E-state index in [2.05, 4.69) is 48.3 Å². The summed E-state index contributed by atoms with van der Waals surface area (Å²) < 4.78 is 5.56. The van der Waals surface area contributed by atoms with Gasteiger partial charge in [0.2, 0.25) is 0 Å². The molecule has 2 aromatic carbocycles. The Bertz CT molecular complexity index is 649. The van der Waals surface area contributed by atoms with Gasteiger partial charge in [0, 0.05) is 36.9 Å². The van der Waals surface area contributed by atoms with Gasteiger partial charge in [-0.2, -0.15) is 0 Å². The van der Waals surface area contributed by atoms with E-state index in [0.29, 0.717) is 24.8 Å². The second kappa shape index (κ2) is 11.2. The molecule has 0 heterocycles. The fourth-order valence-corrected chi connectivity index (χ4v) is 2.86. The summed E-state index contributed by atoms with van der Waals surface area (Å²) in [5.74, 6) is 0. The van der Waals surface area contributed by atoms with Crippen molar-refractivity contribution in [3.63, 3.8) is 0 Å². The Hall–Kier alpha value is -1.59. The Morgan fingerprint density at radius 1 is 1.19 bits per heavy atom. The molecule has 0 amide bonds. The van der Waals surface area contributed by atoms with Crippen LogP contribution in [0.15, 0.2) is 48.5 Å². The molecular weight excluding hydrogens is 348 g/mol. The number of aliphatic hydroxyl groups is 1. The van der Waals surface area contributed by atoms with Crippen LogP contribution in [0.3, 0.4) is 0 Å². The van der Waals surface area contributed by atoms with Crippen LogP contribution in [0, 0.1) is 6.92 Å². The van der Waals surface area contributed by atoms with Crippen LogP contribution >= 0.6 is 11.6 Å². The number of aliphatic hydroxyl groups excluding tert-OH is 1. The highest BCUT2D eigenvalue weighted by Crippen LogP contribution is 2.15. The quantitative estimate of drug-likeness (QED) is 0.588. The first-order valence-corrected chi connectivity index (χ1v) is 9.49. The zero-order valence-electron chi connectivity index (χ0n) is 15.6. The Balaban J connectivity index is 1.61. The van der Waals surface area contributed by atoms with Gasteiger partial charge in [0.05, 0.1) is 19.3 Å². The number of nitrogens with zero attached hydrogens (tertiary/aromatic N) is 1. The van der Waals surface area contributed by atoms with Crippen molar-refractivity contribution in [2.75, 3.05) is 37.7 Å². The molecule has 0 saturated carbocycles. The number of halogens is 1. The lowest BCUT2D eigenvalue weighted by atomic mass is 10.2. The zero-order valence-corrected chi connectivity index (χ0v) is 16.4. The van der Waals surface area contributed by atoms with Crippen molar-refractivity contribution in [2.24, 2.45) is 0 Å². The number of nitrogens with one attached hydrogen (secondary N) is 1. The van der Waals surface area contributed by atoms with Crippen molar-refractivity contribution in [1.82, 2.24) is 5.32 Å². The summed E-state index contributed by atoms with van der Waals surface area (Å²) in [6, 6.07) is 16.1. The summed E-state index contributed by atoms with van der Waals surface area (Å²) in [5, 5.41) is 14.0. The summed E-state index contributed by atoms with van der Waals surface area (Å²) in [4.78, 5) is 2.32. The lowest BCUT2D eigenvalue weighted by Crippen LogP contribution is -2.36. The van der Waals surface area contributed by atoms with Gasteiger partial charge in [-0.15, -0.1) is 0 Å². The maximum atomic E-state index is 10.0. The van der Waals surface area contributed by atoms with Crippen molar-refractivity contribution in [2.45, 2.75) is 26.6 Å². The van der Waals surface area contributed by atoms with Crippen molar-refractivity contribution in [1.29, 1.82) is 0 Å². The molecule has 1 atom stereocenters. The molecule has 0 aromatic heterocycles. The normalized spacial score (nSPS) is 12.2. The number of aryl methyl sites for hydroxylation is 1. The number of ether oxygens (including phenoxy) is 1. The fourth-order valence-electron chi connectivity index (χ4n) is 2.73. The molecule has 0 aliphatic carbocycles. The Labute approximate surface area is 161 Å². The summed E-state index contributed by atoms with van der Waals surface area (Å²) in [5.41, 5.74) is 3.55. The molecule has 26 heavy (non-hydrogen) atoms. The molecule has 2 N–H and O–H groups in total. The Morgan fingerprint density at radius 2 is 1.96 bits per heavy atom. The Morgan fingerprint density at radius 3 is 2.65 bits per heavy atom. The lowest BCUT2D eigenvalue weighted by molar-refractivity contribution is 0.0290. The van der Waals surface area contributed by atoms with Crippen molar-refractivity contribution in [3.05, 3.63) is 64.7 Å². The molecule has 0 unspecified atom stereocenters. The molecule has 0 bridgehead atoms. The maximum Gasteiger partial charge on any atom is 0.0897 e. The van der Waals surface area contributed by atoms with E-state index in [0.717, 1.165) is 25.2 Å². The number of hydrogen-bond acceptors (Lipinski definition) is 4. The average Bonchev–Trinajstić information content (AvgIpc) is 2.63. The van der Waals surface area contributed by atoms with E-state index in [9.17, 15) is 5.11 Å². The minimum absolute atomic E-state index is 0.311. The molecule has 2 aromatic rings. The van der Waals surface area contributed by atoms with Crippen LogP contribution in [0.25, 0.3) is 0 Å². The van der Waals surface area contributed by atoms with Gasteiger partial charge in [-0.1, -0.05) is 35.9 Å². The molecule has 0 aliphatic heterocycles. The number of likely N-dealkylation sites (N-methyl/N-ethyl adjacent to an activating group) is 1. The predicted octanol–water partition coefficient (Wildman–Crippen LogP) is 3.64. The maximum absolute atomic E-state index is 10.0. The van der Waals surface area contributed by atoms with Crippen LogP contribution in [0.5, 0.6) is 0 Å². The molecule has 4 nitrogen and oxygen atoms in total. The third-order valence-electron chi connectivity index (χ3n) is 4.18. The van der Waals surface area contributed by atoms with Crippen LogP contribution < -0.4 is 10.2 Å². The molecular formula is C21H29ClN2O2. The minimum Gasteiger partial charge on any atom is -0.389 e. The first kappa shape index (κ1) is 20.7. The third kappa shape index (κ3) is 7.34. The SMILES string of the molecule is CCN(CCNC[C@H](O)COCc1ccc(Cl)cc1)c1cccc(C)c1. The summed E-state index contributed by atoms with van der Waals surface area (Å²) in [6.45, 7) is 8.24. The van der Waals surface area contributed by atoms with E-state index in [1.807, 2.05) is 24.3 Å². The van der Waals surface area contributed by atoms with Gasteiger partial charge in [-0.25, -0.2) is 0 Å². The summed E-state index contributed by atoms with van der Waals surface area (Å²) >= 11 is 5.85. The molecule has 0 radical (unpaired) electrons. The summed E-state index contributed by atoms with van der Waals surface area (Å²) in [6.07, 6.45) is -0.517. The topological polar surface area (TPSA) is 44.7 Å². The van der Waals surface area contributed by atoms with Crippen LogP contribution in [-0.2, 0) is 11.3 Å². The van der Waals surface area contributed by atoms with E-state index in [1.165, 1.54) is 11.3 Å². The minimum atomic E-state index is -0.517. The molecule has 0 fully saturated rings. The van der Waals surface area contributed by atoms with E-state index in [1.54, 1.807) is 0 Å². The van der Waals surface area contributed by atoms with E-state index >= 15 is 0 Å². The largest absolute Gasteiger partial charge is 0.389 e. The highest BCUT2D eigenvalue weighted by atomic mass is 35.5. The second-order valence-electron chi connectivity index (χ2n) is 6.42. The molecule has 0 spiro atoms. The fraction of sp³-hybridized carbons (Fsp3) is 0.429. The van der Waals surface area contributed by atoms with Gasteiger partial charge in [0.15, 0.2) is 0 Å². The average molecular weight is 377 g/mol. The van der Waals surface area contributed by atoms with E-state index in [4.69, 9.17) is 16.3 Å². The Kier molecular flexibility index (Phi) is 8.92. The van der Waals surface area contributed by atoms with Crippen LogP contribution in [0.2, 0.25) is 5.02 Å². The smallest absolute Gasteiger partial charge is 0.0897 e. The number of anilines is 1. The lowest BCUT2D eigenvalue weighted by Gasteiger charge is -2.24. The predicted molar refractivity (Wildman–Crippen MR) is 109 cm³/mol. The van der Waals surface area contributed by atoms with E-state index < -0.39 is 6.10 Å². The van der Waals surface area contributed by atoms with Crippen molar-refractivity contribution < 1.29 is 9.84 Å². The number of rotatable bonds is 11. The van der Waals surface area contributed by atoms with Gasteiger partial charge < -0.3 is 20.1 Å². The van der Waals surface area contributed by atoms with Crippen molar-refractivity contribution >= 4 is 17.3 Å². The monoisotopic (exact) mass is 376 g/mol. The van der Waals surface area contributed by atoms with E-state index in [-0.39, 0.29) is 0 Å². The third-order valence-corrected chi connectivity index (χ3v) is 4.43. The summed E-state index contributed by atoms with van der Waals surface area (Å²) in [7, 11) is 0. The van der Waals surface area contributed by atoms with Crippen LogP contribution in [0.1, 0.15) is 18.1 Å². The standard InChI is InChI=1S/C21H29ClN2O2/c1-3-24(20-6-4-5-17(2)13-20)12-11-23-14-21(25)16-26-15-18-7-9-19(22)10-8-18/h4-10,13,21,23,25H,3,11-12,14-16H2,1-2H3/t21-/m0/s1. The second-order valence-corrected chi connectivity index (χ2v) is 6.85. The number of hydrogen-bond donors (Lipinski definition) is 2. The zero-order chi connectivity index (χ0) is 18.8. The van der Waals surface area contributed by atoms with Crippen LogP contribution in [-0.4, -0.2) is 44.0 Å². The first-order valence-electron chi connectivity index (χ1n) is 9.11. The van der Waals surface area contributed by atoms with Gasteiger partial charge >= 0.3 is 0 Å². The highest BCUT2D eigenvalue weighted by molar-refractivity contribution is 6.30. The molecule has 5 heteroatoms. The van der Waals surface area contributed by atoms with Crippen LogP contribution in [0.4, 0.5) is 5.69 Å². The highest BCUT2D eigenvalue weighted by Gasteiger charge is 2.07. The van der Waals surface area contributed by atoms with Crippen molar-refractivity contribution in [3.8, 4) is 0 Å². The molecule has 2 rings (SSSR count).